The summed E-state index contributed by atoms with van der Waals surface area (Å²) in [6.07, 6.45) is -1.89. The molecule has 0 amide bonds. The highest BCUT2D eigenvalue weighted by atomic mass is 19.4. The molecule has 0 saturated heterocycles. The van der Waals surface area contributed by atoms with Crippen molar-refractivity contribution in [1.29, 1.82) is 0 Å². The minimum absolute atomic E-state index is 0.230. The third-order valence-corrected chi connectivity index (χ3v) is 3.02. The molecule has 106 valence electrons. The van der Waals surface area contributed by atoms with E-state index in [4.69, 9.17) is 0 Å². The van der Waals surface area contributed by atoms with Crippen molar-refractivity contribution in [3.63, 3.8) is 0 Å². The molecule has 1 N–H and O–H groups in total. The third kappa shape index (κ3) is 2.80. The van der Waals surface area contributed by atoms with E-state index in [1.54, 1.807) is 12.1 Å². The molecule has 3 nitrogen and oxygen atoms in total. The number of nitrogens with zero attached hydrogens (tertiary/aromatic N) is 2. The van der Waals surface area contributed by atoms with E-state index in [-0.39, 0.29) is 11.3 Å². The zero-order chi connectivity index (χ0) is 14.8. The quantitative estimate of drug-likeness (QED) is 0.940. The molecule has 2 aromatic rings. The number of hydrogen-bond donors (Lipinski definition) is 1. The number of aliphatic hydroxyl groups excluding tert-OH is 1. The Kier molecular flexibility index (Phi) is 4.04. The van der Waals surface area contributed by atoms with Gasteiger partial charge in [0.15, 0.2) is 0 Å². The fraction of sp³-hybridized carbons (Fsp3) is 0.286. The van der Waals surface area contributed by atoms with Gasteiger partial charge in [-0.2, -0.15) is 13.2 Å². The van der Waals surface area contributed by atoms with Gasteiger partial charge in [-0.1, -0.05) is 13.0 Å². The molecular weight excluding hydrogens is 269 g/mol. The first-order chi connectivity index (χ1) is 9.45. The molecule has 0 bridgehead atoms. The van der Waals surface area contributed by atoms with Crippen molar-refractivity contribution >= 4 is 0 Å². The van der Waals surface area contributed by atoms with Crippen molar-refractivity contribution in [2.24, 2.45) is 0 Å². The van der Waals surface area contributed by atoms with Gasteiger partial charge in [-0.3, -0.25) is 9.97 Å². The van der Waals surface area contributed by atoms with Crippen LogP contribution in [0.25, 0.3) is 0 Å². The van der Waals surface area contributed by atoms with Crippen LogP contribution in [0.5, 0.6) is 0 Å². The molecular formula is C14H13F3N2O. The molecule has 0 aliphatic rings. The van der Waals surface area contributed by atoms with E-state index in [1.165, 1.54) is 6.20 Å². The molecule has 0 aliphatic carbocycles. The summed E-state index contributed by atoms with van der Waals surface area (Å²) in [5.41, 5.74) is -0.244. The Balaban J connectivity index is 2.52. The second kappa shape index (κ2) is 5.58. The van der Waals surface area contributed by atoms with Crippen LogP contribution >= 0.6 is 0 Å². The zero-order valence-electron chi connectivity index (χ0n) is 10.7. The molecule has 0 spiro atoms. The van der Waals surface area contributed by atoms with Crippen molar-refractivity contribution in [2.75, 3.05) is 0 Å². The summed E-state index contributed by atoms with van der Waals surface area (Å²) >= 11 is 0. The van der Waals surface area contributed by atoms with Crippen LogP contribution in [0.3, 0.4) is 0 Å². The molecule has 6 heteroatoms. The average Bonchev–Trinajstić information content (AvgIpc) is 2.45. The lowest BCUT2D eigenvalue weighted by atomic mass is 9.98. The van der Waals surface area contributed by atoms with Gasteiger partial charge in [0, 0.05) is 24.2 Å². The lowest BCUT2D eigenvalue weighted by Crippen LogP contribution is -2.15. The number of rotatable bonds is 3. The number of aromatic nitrogens is 2. The van der Waals surface area contributed by atoms with Crippen molar-refractivity contribution in [3.8, 4) is 0 Å². The lowest BCUT2D eigenvalue weighted by molar-refractivity contribution is -0.139. The van der Waals surface area contributed by atoms with Crippen LogP contribution < -0.4 is 0 Å². The van der Waals surface area contributed by atoms with Crippen LogP contribution in [0.4, 0.5) is 13.2 Å². The van der Waals surface area contributed by atoms with Gasteiger partial charge in [-0.25, -0.2) is 0 Å². The Hall–Kier alpha value is -1.95. The van der Waals surface area contributed by atoms with E-state index >= 15 is 0 Å². The fourth-order valence-corrected chi connectivity index (χ4v) is 2.03. The predicted octanol–water partition coefficient (Wildman–Crippen LogP) is 3.14. The molecule has 1 unspecified atom stereocenters. The maximum atomic E-state index is 12.9. The summed E-state index contributed by atoms with van der Waals surface area (Å²) in [5.74, 6) is 0. The largest absolute Gasteiger partial charge is 0.416 e. The number of halogens is 3. The van der Waals surface area contributed by atoms with Gasteiger partial charge < -0.3 is 5.11 Å². The normalized spacial score (nSPS) is 13.2. The first kappa shape index (κ1) is 14.5. The summed E-state index contributed by atoms with van der Waals surface area (Å²) in [6.45, 7) is 1.85. The predicted molar refractivity (Wildman–Crippen MR) is 66.9 cm³/mol. The molecule has 2 aromatic heterocycles. The van der Waals surface area contributed by atoms with Crippen LogP contribution in [0.15, 0.2) is 36.8 Å². The SMILES string of the molecule is CCc1cccnc1C(O)c1cnccc1C(F)(F)F. The smallest absolute Gasteiger partial charge is 0.382 e. The number of aryl methyl sites for hydroxylation is 1. The second-order valence-electron chi connectivity index (χ2n) is 4.26. The first-order valence-corrected chi connectivity index (χ1v) is 6.08. The standard InChI is InChI=1S/C14H13F3N2O/c1-2-9-4-3-6-19-12(9)13(20)10-8-18-7-5-11(10)14(15,16)17/h3-8,13,20H,2H2,1H3. The summed E-state index contributed by atoms with van der Waals surface area (Å²) in [6, 6.07) is 4.27. The van der Waals surface area contributed by atoms with Crippen LogP contribution in [0, 0.1) is 0 Å². The molecule has 0 fully saturated rings. The highest BCUT2D eigenvalue weighted by Crippen LogP contribution is 2.36. The van der Waals surface area contributed by atoms with E-state index < -0.39 is 17.8 Å². The van der Waals surface area contributed by atoms with Gasteiger partial charge in [-0.15, -0.1) is 0 Å². The Morgan fingerprint density at radius 2 is 2.00 bits per heavy atom. The Bertz CT molecular complexity index is 599. The van der Waals surface area contributed by atoms with Crippen molar-refractivity contribution in [3.05, 3.63) is 59.2 Å². The summed E-state index contributed by atoms with van der Waals surface area (Å²) in [5, 5.41) is 10.2. The molecule has 2 rings (SSSR count). The molecule has 2 heterocycles. The highest BCUT2D eigenvalue weighted by Gasteiger charge is 2.35. The number of hydrogen-bond acceptors (Lipinski definition) is 3. The van der Waals surface area contributed by atoms with Crippen LogP contribution in [-0.2, 0) is 12.6 Å². The second-order valence-corrected chi connectivity index (χ2v) is 4.26. The van der Waals surface area contributed by atoms with E-state index in [9.17, 15) is 18.3 Å². The highest BCUT2D eigenvalue weighted by molar-refractivity contribution is 5.35. The van der Waals surface area contributed by atoms with E-state index in [2.05, 4.69) is 9.97 Å². The van der Waals surface area contributed by atoms with Crippen LogP contribution in [-0.4, -0.2) is 15.1 Å². The monoisotopic (exact) mass is 282 g/mol. The maximum absolute atomic E-state index is 12.9. The maximum Gasteiger partial charge on any atom is 0.416 e. The third-order valence-electron chi connectivity index (χ3n) is 3.02. The summed E-state index contributed by atoms with van der Waals surface area (Å²) < 4.78 is 38.8. The van der Waals surface area contributed by atoms with Crippen molar-refractivity contribution in [1.82, 2.24) is 9.97 Å². The molecule has 1 atom stereocenters. The van der Waals surface area contributed by atoms with Crippen LogP contribution in [0.1, 0.15) is 35.4 Å². The number of pyridine rings is 2. The first-order valence-electron chi connectivity index (χ1n) is 6.08. The van der Waals surface area contributed by atoms with Gasteiger partial charge >= 0.3 is 6.18 Å². The fourth-order valence-electron chi connectivity index (χ4n) is 2.03. The molecule has 0 aliphatic heterocycles. The van der Waals surface area contributed by atoms with Crippen molar-refractivity contribution < 1.29 is 18.3 Å². The summed E-state index contributed by atoms with van der Waals surface area (Å²) in [4.78, 5) is 7.68. The topological polar surface area (TPSA) is 46.0 Å². The van der Waals surface area contributed by atoms with Gasteiger partial charge in [-0.05, 0) is 24.1 Å². The Morgan fingerprint density at radius 3 is 2.65 bits per heavy atom. The van der Waals surface area contributed by atoms with E-state index in [0.29, 0.717) is 12.0 Å². The Labute approximate surface area is 114 Å². The van der Waals surface area contributed by atoms with Gasteiger partial charge in [0.1, 0.15) is 6.10 Å². The minimum Gasteiger partial charge on any atom is -0.382 e. The summed E-state index contributed by atoms with van der Waals surface area (Å²) in [7, 11) is 0. The number of alkyl halides is 3. The molecule has 0 aromatic carbocycles. The number of aliphatic hydroxyl groups is 1. The zero-order valence-corrected chi connectivity index (χ0v) is 10.7. The van der Waals surface area contributed by atoms with Gasteiger partial charge in [0.05, 0.1) is 11.3 Å². The van der Waals surface area contributed by atoms with Gasteiger partial charge in [0.2, 0.25) is 0 Å². The molecule has 20 heavy (non-hydrogen) atoms. The van der Waals surface area contributed by atoms with E-state index in [1.807, 2.05) is 6.92 Å². The average molecular weight is 282 g/mol. The van der Waals surface area contributed by atoms with E-state index in [0.717, 1.165) is 18.5 Å². The van der Waals surface area contributed by atoms with Crippen molar-refractivity contribution in [2.45, 2.75) is 25.6 Å². The lowest BCUT2D eigenvalue weighted by Gasteiger charge is -2.18. The minimum atomic E-state index is -4.54. The Morgan fingerprint density at radius 1 is 1.25 bits per heavy atom. The van der Waals surface area contributed by atoms with Crippen LogP contribution in [0.2, 0.25) is 0 Å². The van der Waals surface area contributed by atoms with Gasteiger partial charge in [0.25, 0.3) is 0 Å². The molecule has 0 saturated carbocycles. The molecule has 0 radical (unpaired) electrons.